The van der Waals surface area contributed by atoms with Gasteiger partial charge in [-0.2, -0.15) is 0 Å². The van der Waals surface area contributed by atoms with Crippen molar-refractivity contribution in [3.05, 3.63) is 0 Å². The lowest BCUT2D eigenvalue weighted by Crippen LogP contribution is -2.56. The molecule has 13 heavy (non-hydrogen) atoms. The van der Waals surface area contributed by atoms with Gasteiger partial charge in [0.25, 0.3) is 5.91 Å². The largest absolute Gasteiger partial charge is 0.323 e. The maximum atomic E-state index is 11.6. The predicted octanol–water partition coefficient (Wildman–Crippen LogP) is 1.02. The first-order chi connectivity index (χ1) is 5.83. The first-order valence-electron chi connectivity index (χ1n) is 4.47. The van der Waals surface area contributed by atoms with Crippen molar-refractivity contribution in [1.82, 2.24) is 10.6 Å². The van der Waals surface area contributed by atoms with E-state index in [1.54, 1.807) is 0 Å². The second kappa shape index (κ2) is 2.72. The first-order valence-corrected chi connectivity index (χ1v) is 4.47. The first kappa shape index (κ1) is 10.0. The van der Waals surface area contributed by atoms with E-state index in [4.69, 9.17) is 0 Å². The zero-order valence-corrected chi connectivity index (χ0v) is 8.52. The quantitative estimate of drug-likeness (QED) is 0.598. The molecule has 0 aromatic heterocycles. The number of rotatable bonds is 1. The summed E-state index contributed by atoms with van der Waals surface area (Å²) in [6.45, 7) is 7.74. The van der Waals surface area contributed by atoms with Gasteiger partial charge in [-0.25, -0.2) is 4.79 Å². The molecule has 1 saturated heterocycles. The van der Waals surface area contributed by atoms with Gasteiger partial charge in [0.15, 0.2) is 0 Å². The molecule has 0 spiro atoms. The third-order valence-corrected chi connectivity index (χ3v) is 2.75. The molecule has 1 fully saturated rings. The minimum atomic E-state index is -0.746. The smallest absolute Gasteiger partial charge is 0.322 e. The number of carbonyl (C=O) groups excluding carboxylic acids is 2. The number of carbonyl (C=O) groups is 2. The lowest BCUT2D eigenvalue weighted by molar-refractivity contribution is -0.127. The fraction of sp³-hybridized carbons (Fsp3) is 0.778. The summed E-state index contributed by atoms with van der Waals surface area (Å²) in [5.41, 5.74) is -1.01. The van der Waals surface area contributed by atoms with Crippen LogP contribution in [0.3, 0.4) is 0 Å². The Kier molecular flexibility index (Phi) is 2.10. The van der Waals surface area contributed by atoms with Gasteiger partial charge >= 0.3 is 6.03 Å². The molecule has 1 aliphatic rings. The maximum absolute atomic E-state index is 11.6. The zero-order valence-electron chi connectivity index (χ0n) is 8.52. The highest BCUT2D eigenvalue weighted by Gasteiger charge is 2.52. The highest BCUT2D eigenvalue weighted by atomic mass is 16.2. The molecule has 1 rings (SSSR count). The Hall–Kier alpha value is -1.06. The van der Waals surface area contributed by atoms with Crippen LogP contribution in [-0.2, 0) is 4.79 Å². The summed E-state index contributed by atoms with van der Waals surface area (Å²) in [5, 5.41) is 4.98. The van der Waals surface area contributed by atoms with E-state index in [0.717, 1.165) is 0 Å². The van der Waals surface area contributed by atoms with Crippen LogP contribution in [0.1, 0.15) is 34.1 Å². The number of hydrogen-bond acceptors (Lipinski definition) is 2. The summed E-state index contributed by atoms with van der Waals surface area (Å²) < 4.78 is 0. The van der Waals surface area contributed by atoms with Crippen LogP contribution in [0.4, 0.5) is 4.79 Å². The summed E-state index contributed by atoms with van der Waals surface area (Å²) in [6, 6.07) is -0.387. The molecule has 1 unspecified atom stereocenters. The highest BCUT2D eigenvalue weighted by Crippen LogP contribution is 2.35. The van der Waals surface area contributed by atoms with E-state index in [1.807, 2.05) is 27.7 Å². The van der Waals surface area contributed by atoms with Gasteiger partial charge in [-0.1, -0.05) is 27.7 Å². The van der Waals surface area contributed by atoms with E-state index in [1.165, 1.54) is 0 Å². The highest BCUT2D eigenvalue weighted by molar-refractivity contribution is 6.07. The predicted molar refractivity (Wildman–Crippen MR) is 49.2 cm³/mol. The molecule has 74 valence electrons. The van der Waals surface area contributed by atoms with Crippen molar-refractivity contribution in [2.75, 3.05) is 0 Å². The van der Waals surface area contributed by atoms with Crippen molar-refractivity contribution in [3.8, 4) is 0 Å². The van der Waals surface area contributed by atoms with E-state index >= 15 is 0 Å². The maximum Gasteiger partial charge on any atom is 0.322 e. The standard InChI is InChI=1S/C9H16N2O2/c1-5-9(8(2,3)4)6(12)10-7(13)11-9/h5H2,1-4H3,(H2,10,11,12,13). The van der Waals surface area contributed by atoms with Crippen molar-refractivity contribution in [3.63, 3.8) is 0 Å². The third-order valence-electron chi connectivity index (χ3n) is 2.75. The van der Waals surface area contributed by atoms with E-state index < -0.39 is 5.54 Å². The second-order valence-electron chi connectivity index (χ2n) is 4.42. The van der Waals surface area contributed by atoms with Gasteiger partial charge in [-0.05, 0) is 11.8 Å². The van der Waals surface area contributed by atoms with Crippen LogP contribution in [0.2, 0.25) is 0 Å². The average Bonchev–Trinajstić information content (AvgIpc) is 2.25. The molecule has 0 saturated carbocycles. The van der Waals surface area contributed by atoms with Crippen LogP contribution >= 0.6 is 0 Å². The van der Waals surface area contributed by atoms with E-state index in [9.17, 15) is 9.59 Å². The fourth-order valence-electron chi connectivity index (χ4n) is 1.80. The average molecular weight is 184 g/mol. The molecule has 0 aromatic rings. The number of imide groups is 1. The molecule has 0 bridgehead atoms. The van der Waals surface area contributed by atoms with Crippen LogP contribution in [0.5, 0.6) is 0 Å². The van der Waals surface area contributed by atoms with Crippen LogP contribution < -0.4 is 10.6 Å². The topological polar surface area (TPSA) is 58.2 Å². The van der Waals surface area contributed by atoms with Gasteiger partial charge in [0, 0.05) is 0 Å². The molecule has 0 radical (unpaired) electrons. The summed E-state index contributed by atoms with van der Waals surface area (Å²) in [6.07, 6.45) is 0.605. The third kappa shape index (κ3) is 1.30. The van der Waals surface area contributed by atoms with E-state index in [2.05, 4.69) is 10.6 Å². The van der Waals surface area contributed by atoms with E-state index in [-0.39, 0.29) is 17.4 Å². The van der Waals surface area contributed by atoms with Crippen LogP contribution in [0, 0.1) is 5.41 Å². The molecule has 1 heterocycles. The number of urea groups is 1. The molecule has 3 amide bonds. The monoisotopic (exact) mass is 184 g/mol. The van der Waals surface area contributed by atoms with Gasteiger partial charge in [0.05, 0.1) is 0 Å². The second-order valence-corrected chi connectivity index (χ2v) is 4.42. The number of nitrogens with one attached hydrogen (secondary N) is 2. The molecule has 4 heteroatoms. The molecule has 0 aliphatic carbocycles. The minimum Gasteiger partial charge on any atom is -0.323 e. The van der Waals surface area contributed by atoms with Crippen molar-refractivity contribution >= 4 is 11.9 Å². The van der Waals surface area contributed by atoms with Crippen molar-refractivity contribution in [2.24, 2.45) is 5.41 Å². The number of amides is 3. The lowest BCUT2D eigenvalue weighted by atomic mass is 9.72. The van der Waals surface area contributed by atoms with Crippen molar-refractivity contribution in [1.29, 1.82) is 0 Å². The normalized spacial score (nSPS) is 28.6. The molecule has 0 aromatic carbocycles. The van der Waals surface area contributed by atoms with Gasteiger partial charge in [-0.15, -0.1) is 0 Å². The van der Waals surface area contributed by atoms with Crippen molar-refractivity contribution in [2.45, 2.75) is 39.7 Å². The van der Waals surface area contributed by atoms with Gasteiger partial charge in [0.1, 0.15) is 5.54 Å². The molecule has 4 nitrogen and oxygen atoms in total. The van der Waals surface area contributed by atoms with Crippen LogP contribution in [0.15, 0.2) is 0 Å². The van der Waals surface area contributed by atoms with Gasteiger partial charge in [-0.3, -0.25) is 10.1 Å². The number of hydrogen-bond donors (Lipinski definition) is 2. The summed E-state index contributed by atoms with van der Waals surface area (Å²) in [7, 11) is 0. The van der Waals surface area contributed by atoms with Crippen molar-refractivity contribution < 1.29 is 9.59 Å². The Balaban J connectivity index is 3.08. The Bertz CT molecular complexity index is 255. The molecular weight excluding hydrogens is 168 g/mol. The Labute approximate surface area is 78.1 Å². The van der Waals surface area contributed by atoms with Crippen LogP contribution in [0.25, 0.3) is 0 Å². The molecule has 2 N–H and O–H groups in total. The van der Waals surface area contributed by atoms with E-state index in [0.29, 0.717) is 6.42 Å². The summed E-state index contributed by atoms with van der Waals surface area (Å²) in [4.78, 5) is 22.6. The molecule has 1 atom stereocenters. The Morgan fingerprint density at radius 2 is 1.85 bits per heavy atom. The van der Waals surface area contributed by atoms with Crippen LogP contribution in [-0.4, -0.2) is 17.5 Å². The lowest BCUT2D eigenvalue weighted by Gasteiger charge is -2.37. The summed E-state index contributed by atoms with van der Waals surface area (Å²) in [5.74, 6) is -0.215. The minimum absolute atomic E-state index is 0.215. The van der Waals surface area contributed by atoms with Gasteiger partial charge < -0.3 is 5.32 Å². The molecule has 1 aliphatic heterocycles. The SMILES string of the molecule is CCC1(C(C)(C)C)NC(=O)NC1=O. The fourth-order valence-corrected chi connectivity index (χ4v) is 1.80. The molecular formula is C9H16N2O2. The summed E-state index contributed by atoms with van der Waals surface area (Å²) >= 11 is 0. The Morgan fingerprint density at radius 3 is 2.00 bits per heavy atom. The van der Waals surface area contributed by atoms with Gasteiger partial charge in [0.2, 0.25) is 0 Å². The Morgan fingerprint density at radius 1 is 1.31 bits per heavy atom. The zero-order chi connectivity index (χ0) is 10.3.